The van der Waals surface area contributed by atoms with Gasteiger partial charge in [-0.3, -0.25) is 4.31 Å². The highest BCUT2D eigenvalue weighted by molar-refractivity contribution is 7.92. The first-order valence-corrected chi connectivity index (χ1v) is 7.92. The van der Waals surface area contributed by atoms with Crippen LogP contribution in [-0.2, 0) is 16.4 Å². The Kier molecular flexibility index (Phi) is 2.94. The largest absolute Gasteiger partial charge is 0.399 e. The summed E-state index contributed by atoms with van der Waals surface area (Å²) in [6.45, 7) is 1.91. The average molecular weight is 288 g/mol. The number of rotatable bonds is 2. The van der Waals surface area contributed by atoms with Crippen LogP contribution in [-0.4, -0.2) is 14.5 Å². The van der Waals surface area contributed by atoms with Gasteiger partial charge in [-0.1, -0.05) is 24.3 Å². The number of hydrogen-bond acceptors (Lipinski definition) is 3. The Labute approximate surface area is 118 Å². The molecule has 1 unspecified atom stereocenters. The van der Waals surface area contributed by atoms with Crippen molar-refractivity contribution >= 4 is 21.4 Å². The molecule has 0 spiro atoms. The second-order valence-electron chi connectivity index (χ2n) is 5.06. The lowest BCUT2D eigenvalue weighted by molar-refractivity contribution is 0.584. The maximum Gasteiger partial charge on any atom is 0.264 e. The topological polar surface area (TPSA) is 63.4 Å². The van der Waals surface area contributed by atoms with Crippen LogP contribution >= 0.6 is 0 Å². The third kappa shape index (κ3) is 1.94. The van der Waals surface area contributed by atoms with E-state index in [1.54, 1.807) is 36.4 Å². The molecule has 104 valence electrons. The van der Waals surface area contributed by atoms with Crippen molar-refractivity contribution in [2.24, 2.45) is 0 Å². The predicted molar refractivity (Wildman–Crippen MR) is 80.1 cm³/mol. The third-order valence-corrected chi connectivity index (χ3v) is 5.50. The fraction of sp³-hybridized carbons (Fsp3) is 0.200. The van der Waals surface area contributed by atoms with Crippen LogP contribution in [0.2, 0.25) is 0 Å². The molecular formula is C15H16N2O2S. The van der Waals surface area contributed by atoms with Gasteiger partial charge in [0, 0.05) is 11.7 Å². The predicted octanol–water partition coefficient (Wildman–Crippen LogP) is 2.41. The van der Waals surface area contributed by atoms with Crippen LogP contribution in [0.3, 0.4) is 0 Å². The van der Waals surface area contributed by atoms with Gasteiger partial charge in [-0.15, -0.1) is 0 Å². The molecule has 0 bridgehead atoms. The number of nitrogen functional groups attached to an aromatic ring is 1. The van der Waals surface area contributed by atoms with Crippen molar-refractivity contribution in [3.8, 4) is 0 Å². The van der Waals surface area contributed by atoms with Gasteiger partial charge in [0.25, 0.3) is 10.0 Å². The SMILES string of the molecule is CC1Cc2ccc(N)cc2N1S(=O)(=O)c1ccccc1. The van der Waals surface area contributed by atoms with Gasteiger partial charge >= 0.3 is 0 Å². The summed E-state index contributed by atoms with van der Waals surface area (Å²) in [6, 6.07) is 13.8. The van der Waals surface area contributed by atoms with E-state index in [4.69, 9.17) is 5.73 Å². The van der Waals surface area contributed by atoms with Gasteiger partial charge < -0.3 is 5.73 Å². The van der Waals surface area contributed by atoms with Gasteiger partial charge in [-0.05, 0) is 43.2 Å². The lowest BCUT2D eigenvalue weighted by atomic mass is 10.1. The van der Waals surface area contributed by atoms with Crippen molar-refractivity contribution in [3.63, 3.8) is 0 Å². The minimum absolute atomic E-state index is 0.1000. The molecule has 0 saturated heterocycles. The van der Waals surface area contributed by atoms with E-state index >= 15 is 0 Å². The van der Waals surface area contributed by atoms with Crippen LogP contribution in [0.15, 0.2) is 53.4 Å². The molecule has 1 aliphatic rings. The summed E-state index contributed by atoms with van der Waals surface area (Å²) in [7, 11) is -3.54. The quantitative estimate of drug-likeness (QED) is 0.863. The molecule has 2 aromatic rings. The fourth-order valence-electron chi connectivity index (χ4n) is 2.67. The minimum Gasteiger partial charge on any atom is -0.399 e. The Morgan fingerprint density at radius 1 is 1.15 bits per heavy atom. The van der Waals surface area contributed by atoms with Gasteiger partial charge in [-0.2, -0.15) is 0 Å². The number of nitrogens with zero attached hydrogens (tertiary/aromatic N) is 1. The van der Waals surface area contributed by atoms with Crippen LogP contribution < -0.4 is 10.0 Å². The Balaban J connectivity index is 2.14. The monoisotopic (exact) mass is 288 g/mol. The fourth-order valence-corrected chi connectivity index (χ4v) is 4.38. The first-order chi connectivity index (χ1) is 9.50. The first-order valence-electron chi connectivity index (χ1n) is 6.48. The van der Waals surface area contributed by atoms with Crippen molar-refractivity contribution in [1.82, 2.24) is 0 Å². The molecule has 1 aliphatic heterocycles. The Morgan fingerprint density at radius 2 is 1.85 bits per heavy atom. The molecule has 4 nitrogen and oxygen atoms in total. The van der Waals surface area contributed by atoms with E-state index < -0.39 is 10.0 Å². The number of nitrogens with two attached hydrogens (primary N) is 1. The summed E-state index contributed by atoms with van der Waals surface area (Å²) in [5.41, 5.74) is 8.09. The summed E-state index contributed by atoms with van der Waals surface area (Å²) in [6.07, 6.45) is 0.710. The van der Waals surface area contributed by atoms with Crippen molar-refractivity contribution in [2.75, 3.05) is 10.0 Å². The van der Waals surface area contributed by atoms with E-state index in [9.17, 15) is 8.42 Å². The zero-order valence-corrected chi connectivity index (χ0v) is 12.0. The normalized spacial score (nSPS) is 18.1. The molecule has 3 rings (SSSR count). The molecule has 0 aliphatic carbocycles. The van der Waals surface area contributed by atoms with Crippen LogP contribution in [0.1, 0.15) is 12.5 Å². The Bertz CT molecular complexity index is 742. The summed E-state index contributed by atoms with van der Waals surface area (Å²) >= 11 is 0. The molecule has 5 heteroatoms. The van der Waals surface area contributed by atoms with Crippen LogP contribution in [0, 0.1) is 0 Å². The summed E-state index contributed by atoms with van der Waals surface area (Å²) in [5, 5.41) is 0. The Morgan fingerprint density at radius 3 is 2.55 bits per heavy atom. The van der Waals surface area contributed by atoms with Crippen molar-refractivity contribution in [3.05, 3.63) is 54.1 Å². The van der Waals surface area contributed by atoms with E-state index in [0.29, 0.717) is 22.7 Å². The summed E-state index contributed by atoms with van der Waals surface area (Å²) < 4.78 is 27.1. The molecule has 0 fully saturated rings. The minimum atomic E-state index is -3.54. The van der Waals surface area contributed by atoms with Gasteiger partial charge in [0.15, 0.2) is 0 Å². The molecule has 0 amide bonds. The molecule has 0 aromatic heterocycles. The molecule has 2 N–H and O–H groups in total. The molecule has 0 radical (unpaired) electrons. The highest BCUT2D eigenvalue weighted by Crippen LogP contribution is 2.37. The highest BCUT2D eigenvalue weighted by atomic mass is 32.2. The molecule has 2 aromatic carbocycles. The van der Waals surface area contributed by atoms with E-state index in [-0.39, 0.29) is 6.04 Å². The number of hydrogen-bond donors (Lipinski definition) is 1. The maximum absolute atomic E-state index is 12.8. The highest BCUT2D eigenvalue weighted by Gasteiger charge is 2.35. The average Bonchev–Trinajstić information content (AvgIpc) is 2.75. The number of fused-ring (bicyclic) bond motifs is 1. The summed E-state index contributed by atoms with van der Waals surface area (Å²) in [5.74, 6) is 0. The third-order valence-electron chi connectivity index (χ3n) is 3.56. The van der Waals surface area contributed by atoms with Gasteiger partial charge in [0.1, 0.15) is 0 Å². The molecule has 1 heterocycles. The van der Waals surface area contributed by atoms with Crippen molar-refractivity contribution < 1.29 is 8.42 Å². The van der Waals surface area contributed by atoms with Gasteiger partial charge in [0.05, 0.1) is 10.6 Å². The smallest absolute Gasteiger partial charge is 0.264 e. The first kappa shape index (κ1) is 13.0. The van der Waals surface area contributed by atoms with E-state index in [1.807, 2.05) is 19.1 Å². The van der Waals surface area contributed by atoms with Crippen LogP contribution in [0.25, 0.3) is 0 Å². The maximum atomic E-state index is 12.8. The van der Waals surface area contributed by atoms with Crippen LogP contribution in [0.4, 0.5) is 11.4 Å². The molecular weight excluding hydrogens is 272 g/mol. The number of benzene rings is 2. The number of sulfonamides is 1. The van der Waals surface area contributed by atoms with Crippen LogP contribution in [0.5, 0.6) is 0 Å². The lowest BCUT2D eigenvalue weighted by Gasteiger charge is -2.24. The van der Waals surface area contributed by atoms with E-state index in [0.717, 1.165) is 5.56 Å². The molecule has 20 heavy (non-hydrogen) atoms. The zero-order chi connectivity index (χ0) is 14.3. The molecule has 0 saturated carbocycles. The van der Waals surface area contributed by atoms with Crippen molar-refractivity contribution in [1.29, 1.82) is 0 Å². The second-order valence-corrected chi connectivity index (χ2v) is 6.87. The zero-order valence-electron chi connectivity index (χ0n) is 11.2. The second kappa shape index (κ2) is 4.52. The number of anilines is 2. The standard InChI is InChI=1S/C15H16N2O2S/c1-11-9-12-7-8-13(16)10-15(12)17(11)20(18,19)14-5-3-2-4-6-14/h2-8,10-11H,9,16H2,1H3. The van der Waals surface area contributed by atoms with E-state index in [2.05, 4.69) is 0 Å². The summed E-state index contributed by atoms with van der Waals surface area (Å²) in [4.78, 5) is 0.308. The van der Waals surface area contributed by atoms with Gasteiger partial charge in [0.2, 0.25) is 0 Å². The lowest BCUT2D eigenvalue weighted by Crippen LogP contribution is -2.35. The Hall–Kier alpha value is -2.01. The van der Waals surface area contributed by atoms with Gasteiger partial charge in [-0.25, -0.2) is 8.42 Å². The molecule has 1 atom stereocenters. The van der Waals surface area contributed by atoms with Crippen molar-refractivity contribution in [2.45, 2.75) is 24.3 Å². The van der Waals surface area contributed by atoms with E-state index in [1.165, 1.54) is 4.31 Å².